The predicted octanol–water partition coefficient (Wildman–Crippen LogP) is 0.0715. The van der Waals surface area contributed by atoms with Gasteiger partial charge in [0.25, 0.3) is 0 Å². The van der Waals surface area contributed by atoms with Gasteiger partial charge in [0.05, 0.1) is 5.60 Å². The summed E-state index contributed by atoms with van der Waals surface area (Å²) in [5.74, 6) is 0.914. The molecule has 0 amide bonds. The highest BCUT2D eigenvalue weighted by atomic mass is 16.3. The van der Waals surface area contributed by atoms with Crippen molar-refractivity contribution in [3.05, 3.63) is 0 Å². The van der Waals surface area contributed by atoms with E-state index >= 15 is 0 Å². The maximum atomic E-state index is 10.0. The average Bonchev–Trinajstić information content (AvgIpc) is 2.83. The molecule has 1 aliphatic heterocycles. The smallest absolute Gasteiger partial charge is 0.0928 e. The minimum Gasteiger partial charge on any atom is -0.396 e. The van der Waals surface area contributed by atoms with Crippen LogP contribution in [0.4, 0.5) is 0 Å². The topological polar surface area (TPSA) is 43.7 Å². The third-order valence-corrected chi connectivity index (χ3v) is 3.21. The van der Waals surface area contributed by atoms with Gasteiger partial charge >= 0.3 is 0 Å². The third kappa shape index (κ3) is 1.87. The number of nitrogens with zero attached hydrogens (tertiary/aromatic N) is 1. The summed E-state index contributed by atoms with van der Waals surface area (Å²) in [5, 5.41) is 18.9. The average molecular weight is 185 g/mol. The molecule has 13 heavy (non-hydrogen) atoms. The van der Waals surface area contributed by atoms with Crippen LogP contribution in [0.1, 0.15) is 19.8 Å². The van der Waals surface area contributed by atoms with Crippen LogP contribution in [-0.4, -0.2) is 47.0 Å². The van der Waals surface area contributed by atoms with Crippen molar-refractivity contribution in [2.45, 2.75) is 25.4 Å². The van der Waals surface area contributed by atoms with Crippen molar-refractivity contribution in [1.82, 2.24) is 4.90 Å². The lowest BCUT2D eigenvalue weighted by Gasteiger charge is -2.47. The second-order valence-corrected chi connectivity index (χ2v) is 4.84. The predicted molar refractivity (Wildman–Crippen MR) is 50.4 cm³/mol. The highest BCUT2D eigenvalue weighted by molar-refractivity contribution is 5.05. The van der Waals surface area contributed by atoms with E-state index < -0.39 is 0 Å². The number of β-amino-alcohol motifs (C(OH)–C–C–N with tert-alkyl or cyclic N) is 1. The van der Waals surface area contributed by atoms with E-state index in [4.69, 9.17) is 5.11 Å². The molecule has 1 saturated heterocycles. The second-order valence-electron chi connectivity index (χ2n) is 4.84. The molecule has 2 rings (SSSR count). The fraction of sp³-hybridized carbons (Fsp3) is 1.00. The molecule has 0 aromatic heterocycles. The number of rotatable bonds is 4. The van der Waals surface area contributed by atoms with Gasteiger partial charge in [-0.3, -0.25) is 4.90 Å². The largest absolute Gasteiger partial charge is 0.396 e. The highest BCUT2D eigenvalue weighted by Crippen LogP contribution is 2.44. The molecular formula is C10H19NO2. The first kappa shape index (κ1) is 9.44. The summed E-state index contributed by atoms with van der Waals surface area (Å²) in [7, 11) is 0. The minimum absolute atomic E-state index is 0.248. The van der Waals surface area contributed by atoms with E-state index in [2.05, 4.69) is 4.90 Å². The molecule has 0 bridgehead atoms. The van der Waals surface area contributed by atoms with Crippen LogP contribution in [0.15, 0.2) is 0 Å². The van der Waals surface area contributed by atoms with Crippen molar-refractivity contribution in [1.29, 1.82) is 0 Å². The summed E-state index contributed by atoms with van der Waals surface area (Å²) in [6.07, 6.45) is 2.42. The van der Waals surface area contributed by atoms with Gasteiger partial charge in [-0.05, 0) is 24.7 Å². The molecule has 76 valence electrons. The Morgan fingerprint density at radius 3 is 2.54 bits per heavy atom. The quantitative estimate of drug-likeness (QED) is 0.651. The first-order valence-electron chi connectivity index (χ1n) is 5.19. The molecule has 0 aromatic rings. The normalized spacial score (nSPS) is 29.8. The van der Waals surface area contributed by atoms with Gasteiger partial charge < -0.3 is 10.2 Å². The zero-order chi connectivity index (χ0) is 9.47. The van der Waals surface area contributed by atoms with E-state index in [0.29, 0.717) is 11.8 Å². The fourth-order valence-corrected chi connectivity index (χ4v) is 2.23. The molecule has 3 nitrogen and oxygen atoms in total. The van der Waals surface area contributed by atoms with Crippen molar-refractivity contribution in [3.8, 4) is 0 Å². The van der Waals surface area contributed by atoms with E-state index in [1.54, 1.807) is 0 Å². The lowest BCUT2D eigenvalue weighted by Crippen LogP contribution is -2.63. The third-order valence-electron chi connectivity index (χ3n) is 3.21. The van der Waals surface area contributed by atoms with Gasteiger partial charge in [-0.25, -0.2) is 0 Å². The lowest BCUT2D eigenvalue weighted by atomic mass is 9.88. The first-order chi connectivity index (χ1) is 6.14. The Morgan fingerprint density at radius 1 is 1.46 bits per heavy atom. The molecule has 1 aliphatic carbocycles. The highest BCUT2D eigenvalue weighted by Gasteiger charge is 2.51. The maximum absolute atomic E-state index is 10.0. The molecule has 2 N–H and O–H groups in total. The van der Waals surface area contributed by atoms with Crippen LogP contribution >= 0.6 is 0 Å². The van der Waals surface area contributed by atoms with Crippen molar-refractivity contribution >= 4 is 0 Å². The van der Waals surface area contributed by atoms with E-state index in [0.717, 1.165) is 19.6 Å². The standard InChI is InChI=1S/C10H19NO2/c1-8(5-12)4-11-6-10(13,7-11)9-2-3-9/h8-9,12-13H,2-7H2,1H3. The fourth-order valence-electron chi connectivity index (χ4n) is 2.23. The van der Waals surface area contributed by atoms with Crippen LogP contribution in [0.5, 0.6) is 0 Å². The number of likely N-dealkylation sites (tertiary alicyclic amines) is 1. The molecular weight excluding hydrogens is 166 g/mol. The molecule has 3 heteroatoms. The first-order valence-corrected chi connectivity index (χ1v) is 5.19. The molecule has 2 aliphatic rings. The summed E-state index contributed by atoms with van der Waals surface area (Å²) in [6.45, 7) is 4.85. The molecule has 0 radical (unpaired) electrons. The van der Waals surface area contributed by atoms with E-state index in [-0.39, 0.29) is 12.2 Å². The Morgan fingerprint density at radius 2 is 2.08 bits per heavy atom. The van der Waals surface area contributed by atoms with Crippen LogP contribution in [0, 0.1) is 11.8 Å². The van der Waals surface area contributed by atoms with Crippen LogP contribution < -0.4 is 0 Å². The van der Waals surface area contributed by atoms with Gasteiger partial charge in [-0.15, -0.1) is 0 Å². The van der Waals surface area contributed by atoms with Gasteiger partial charge in [0.2, 0.25) is 0 Å². The van der Waals surface area contributed by atoms with Gasteiger partial charge in [0.15, 0.2) is 0 Å². The summed E-state index contributed by atoms with van der Waals surface area (Å²) in [6, 6.07) is 0. The Balaban J connectivity index is 1.71. The van der Waals surface area contributed by atoms with Crippen molar-refractivity contribution in [3.63, 3.8) is 0 Å². The maximum Gasteiger partial charge on any atom is 0.0928 e. The molecule has 1 atom stereocenters. The minimum atomic E-state index is -0.366. The summed E-state index contributed by atoms with van der Waals surface area (Å²) >= 11 is 0. The number of hydrogen-bond acceptors (Lipinski definition) is 3. The summed E-state index contributed by atoms with van der Waals surface area (Å²) < 4.78 is 0. The Labute approximate surface area is 79.4 Å². The Hall–Kier alpha value is -0.120. The molecule has 1 saturated carbocycles. The number of hydrogen-bond donors (Lipinski definition) is 2. The van der Waals surface area contributed by atoms with Gasteiger partial charge in [0.1, 0.15) is 0 Å². The number of aliphatic hydroxyl groups is 2. The SMILES string of the molecule is CC(CO)CN1CC(O)(C2CC2)C1. The lowest BCUT2D eigenvalue weighted by molar-refractivity contribution is -0.118. The van der Waals surface area contributed by atoms with E-state index in [1.807, 2.05) is 6.92 Å². The molecule has 2 fully saturated rings. The van der Waals surface area contributed by atoms with Crippen LogP contribution in [-0.2, 0) is 0 Å². The zero-order valence-corrected chi connectivity index (χ0v) is 8.24. The van der Waals surface area contributed by atoms with Crippen molar-refractivity contribution in [2.24, 2.45) is 11.8 Å². The van der Waals surface area contributed by atoms with Gasteiger partial charge in [-0.1, -0.05) is 6.92 Å². The Kier molecular flexibility index (Phi) is 2.34. The zero-order valence-electron chi connectivity index (χ0n) is 8.24. The van der Waals surface area contributed by atoms with Gasteiger partial charge in [0, 0.05) is 26.2 Å². The van der Waals surface area contributed by atoms with Gasteiger partial charge in [-0.2, -0.15) is 0 Å². The Bertz CT molecular complexity index is 185. The molecule has 1 unspecified atom stereocenters. The second kappa shape index (κ2) is 3.23. The summed E-state index contributed by atoms with van der Waals surface area (Å²) in [4.78, 5) is 2.24. The molecule has 0 aromatic carbocycles. The van der Waals surface area contributed by atoms with Crippen LogP contribution in [0.3, 0.4) is 0 Å². The molecule has 0 spiro atoms. The van der Waals surface area contributed by atoms with Crippen molar-refractivity contribution in [2.75, 3.05) is 26.2 Å². The monoisotopic (exact) mass is 185 g/mol. The van der Waals surface area contributed by atoms with Crippen LogP contribution in [0.2, 0.25) is 0 Å². The molecule has 1 heterocycles. The summed E-state index contributed by atoms with van der Waals surface area (Å²) in [5.41, 5.74) is -0.366. The van der Waals surface area contributed by atoms with E-state index in [9.17, 15) is 5.11 Å². The van der Waals surface area contributed by atoms with Crippen molar-refractivity contribution < 1.29 is 10.2 Å². The number of aliphatic hydroxyl groups excluding tert-OH is 1. The van der Waals surface area contributed by atoms with E-state index in [1.165, 1.54) is 12.8 Å². The van der Waals surface area contributed by atoms with Crippen LogP contribution in [0.25, 0.3) is 0 Å².